The van der Waals surface area contributed by atoms with Gasteiger partial charge in [0.05, 0.1) is 18.8 Å². The molecule has 2 N–H and O–H groups in total. The summed E-state index contributed by atoms with van der Waals surface area (Å²) in [6.45, 7) is 8.36. The number of pyridine rings is 1. The molecule has 33 heavy (non-hydrogen) atoms. The Kier molecular flexibility index (Phi) is 6.88. The number of hydrogen-bond donors (Lipinski definition) is 2. The van der Waals surface area contributed by atoms with Gasteiger partial charge in [0.1, 0.15) is 17.3 Å². The van der Waals surface area contributed by atoms with E-state index >= 15 is 0 Å². The summed E-state index contributed by atoms with van der Waals surface area (Å²) in [6, 6.07) is 7.16. The quantitative estimate of drug-likeness (QED) is 0.625. The van der Waals surface area contributed by atoms with Crippen molar-refractivity contribution in [2.75, 3.05) is 20.7 Å². The number of hydrogen-bond acceptors (Lipinski definition) is 6. The second kappa shape index (κ2) is 9.31. The molecular formula is C25H32N4O4. The van der Waals surface area contributed by atoms with Gasteiger partial charge in [0.25, 0.3) is 0 Å². The zero-order chi connectivity index (χ0) is 24.5. The first-order valence-electron chi connectivity index (χ1n) is 10.8. The van der Waals surface area contributed by atoms with Crippen LogP contribution in [0.25, 0.3) is 0 Å². The number of aromatic nitrogens is 1. The lowest BCUT2D eigenvalue weighted by Gasteiger charge is -2.25. The molecule has 176 valence electrons. The molecule has 1 aliphatic heterocycles. The molecule has 0 bridgehead atoms. The molecule has 1 aromatic heterocycles. The predicted octanol–water partition coefficient (Wildman–Crippen LogP) is 3.23. The fourth-order valence-electron chi connectivity index (χ4n) is 3.84. The van der Waals surface area contributed by atoms with Crippen LogP contribution in [0.1, 0.15) is 66.1 Å². The van der Waals surface area contributed by atoms with Crippen LogP contribution in [0.4, 0.5) is 0 Å². The largest absolute Gasteiger partial charge is 0.507 e. The monoisotopic (exact) mass is 452 g/mol. The Bertz CT molecular complexity index is 1100. The van der Waals surface area contributed by atoms with Crippen LogP contribution in [-0.2, 0) is 34.6 Å². The van der Waals surface area contributed by atoms with E-state index in [4.69, 9.17) is 10.1 Å². The van der Waals surface area contributed by atoms with E-state index in [-0.39, 0.29) is 36.4 Å². The fraction of sp³-hybridized carbons (Fsp3) is 0.440. The molecule has 0 aliphatic carbocycles. The van der Waals surface area contributed by atoms with E-state index in [1.54, 1.807) is 31.2 Å². The number of amides is 1. The smallest absolute Gasteiger partial charge is 0.219 e. The number of carbonyl (C=O) groups excluding carboxylic acids is 2. The number of aromatic hydroxyl groups is 1. The molecule has 0 radical (unpaired) electrons. The van der Waals surface area contributed by atoms with E-state index in [2.05, 4.69) is 4.98 Å². The average Bonchev–Trinajstić information content (AvgIpc) is 3.03. The van der Waals surface area contributed by atoms with E-state index in [0.717, 1.165) is 11.3 Å². The first-order valence-corrected chi connectivity index (χ1v) is 10.8. The van der Waals surface area contributed by atoms with Gasteiger partial charge in [-0.15, -0.1) is 0 Å². The normalized spacial score (nSPS) is 13.3. The zero-order valence-corrected chi connectivity index (χ0v) is 20.2. The summed E-state index contributed by atoms with van der Waals surface area (Å²) >= 11 is 0. The minimum atomic E-state index is -0.401. The third-order valence-corrected chi connectivity index (χ3v) is 5.83. The molecule has 1 amide bonds. The van der Waals surface area contributed by atoms with Crippen molar-refractivity contribution >= 4 is 17.5 Å². The highest BCUT2D eigenvalue weighted by atomic mass is 16.5. The average molecular weight is 453 g/mol. The van der Waals surface area contributed by atoms with Gasteiger partial charge in [0.15, 0.2) is 5.78 Å². The number of amidine groups is 1. The van der Waals surface area contributed by atoms with Gasteiger partial charge in [0.2, 0.25) is 5.91 Å². The Hall–Kier alpha value is -3.26. The van der Waals surface area contributed by atoms with Gasteiger partial charge in [-0.05, 0) is 23.6 Å². The van der Waals surface area contributed by atoms with Gasteiger partial charge in [-0.25, -0.2) is 4.98 Å². The Morgan fingerprint density at radius 3 is 2.58 bits per heavy atom. The molecule has 0 saturated carbocycles. The maximum Gasteiger partial charge on any atom is 0.219 e. The van der Waals surface area contributed by atoms with Crippen molar-refractivity contribution in [2.24, 2.45) is 0 Å². The summed E-state index contributed by atoms with van der Waals surface area (Å²) in [4.78, 5) is 32.7. The number of Topliss-reactive ketones (excluding diaryl/α,β-unsaturated/α-hetero) is 1. The summed E-state index contributed by atoms with van der Waals surface area (Å²) in [5.41, 5.74) is 3.42. The lowest BCUT2D eigenvalue weighted by atomic mass is 9.83. The highest BCUT2D eigenvalue weighted by Gasteiger charge is 2.29. The van der Waals surface area contributed by atoms with Crippen LogP contribution in [0, 0.1) is 5.41 Å². The Balaban J connectivity index is 1.89. The molecule has 0 fully saturated rings. The first kappa shape index (κ1) is 24.4. The van der Waals surface area contributed by atoms with Crippen LogP contribution in [0.2, 0.25) is 0 Å². The maximum absolute atomic E-state index is 13.3. The van der Waals surface area contributed by atoms with Gasteiger partial charge < -0.3 is 19.6 Å². The lowest BCUT2D eigenvalue weighted by molar-refractivity contribution is -0.128. The molecule has 2 heterocycles. The van der Waals surface area contributed by atoms with Gasteiger partial charge >= 0.3 is 0 Å². The molecule has 0 atom stereocenters. The molecule has 1 aliphatic rings. The van der Waals surface area contributed by atoms with Crippen LogP contribution in [0.5, 0.6) is 5.75 Å². The molecule has 1 aromatic carbocycles. The van der Waals surface area contributed by atoms with Crippen molar-refractivity contribution in [1.29, 1.82) is 5.41 Å². The Morgan fingerprint density at radius 2 is 1.97 bits per heavy atom. The molecule has 0 unspecified atom stereocenters. The third-order valence-electron chi connectivity index (χ3n) is 5.83. The molecule has 3 rings (SSSR count). The fourth-order valence-corrected chi connectivity index (χ4v) is 3.84. The summed E-state index contributed by atoms with van der Waals surface area (Å²) in [7, 11) is 3.25. The van der Waals surface area contributed by atoms with Crippen LogP contribution in [0.15, 0.2) is 24.3 Å². The summed E-state index contributed by atoms with van der Waals surface area (Å²) in [6.07, 6.45) is 0. The number of rotatable bonds is 7. The number of methoxy groups -OCH3 is 1. The molecule has 2 aromatic rings. The number of phenolic OH excluding ortho intramolecular Hbond substituents is 1. The zero-order valence-electron chi connectivity index (χ0n) is 20.2. The van der Waals surface area contributed by atoms with E-state index in [0.29, 0.717) is 35.5 Å². The van der Waals surface area contributed by atoms with Crippen LogP contribution < -0.4 is 0 Å². The first-order chi connectivity index (χ1) is 15.4. The third kappa shape index (κ3) is 5.22. The number of phenols is 1. The van der Waals surface area contributed by atoms with Gasteiger partial charge in [-0.3, -0.25) is 15.0 Å². The van der Waals surface area contributed by atoms with Crippen molar-refractivity contribution in [3.05, 3.63) is 57.9 Å². The maximum atomic E-state index is 13.3. The van der Waals surface area contributed by atoms with Gasteiger partial charge in [0, 0.05) is 56.4 Å². The van der Waals surface area contributed by atoms with E-state index in [1.165, 1.54) is 11.8 Å². The van der Waals surface area contributed by atoms with E-state index in [9.17, 15) is 14.7 Å². The minimum Gasteiger partial charge on any atom is -0.507 e. The number of fused-ring (bicyclic) bond motifs is 1. The number of nitrogens with one attached hydrogen (secondary N) is 1. The highest BCUT2D eigenvalue weighted by Crippen LogP contribution is 2.35. The van der Waals surface area contributed by atoms with E-state index in [1.807, 2.05) is 32.9 Å². The molecule has 0 spiro atoms. The van der Waals surface area contributed by atoms with Gasteiger partial charge in [-0.2, -0.15) is 0 Å². The van der Waals surface area contributed by atoms with Crippen LogP contribution in [-0.4, -0.2) is 58.1 Å². The topological polar surface area (TPSA) is 107 Å². The van der Waals surface area contributed by atoms with Crippen molar-refractivity contribution in [2.45, 2.75) is 52.8 Å². The van der Waals surface area contributed by atoms with Crippen molar-refractivity contribution < 1.29 is 19.4 Å². The predicted molar refractivity (Wildman–Crippen MR) is 125 cm³/mol. The van der Waals surface area contributed by atoms with Crippen molar-refractivity contribution in [3.8, 4) is 5.75 Å². The number of ether oxygens (including phenoxy) is 1. The minimum absolute atomic E-state index is 0.0190. The second-order valence-corrected chi connectivity index (χ2v) is 9.53. The molecule has 8 heteroatoms. The van der Waals surface area contributed by atoms with Crippen LogP contribution >= 0.6 is 0 Å². The van der Waals surface area contributed by atoms with Crippen LogP contribution in [0.3, 0.4) is 0 Å². The highest BCUT2D eigenvalue weighted by molar-refractivity contribution is 6.04. The Labute approximate surface area is 194 Å². The lowest BCUT2D eigenvalue weighted by Crippen LogP contribution is -2.31. The summed E-state index contributed by atoms with van der Waals surface area (Å²) in [5, 5.41) is 19.4. The number of carbonyl (C=O) groups is 2. The number of ketones is 1. The van der Waals surface area contributed by atoms with E-state index < -0.39 is 5.41 Å². The standard InChI is InChI=1S/C25H32N4O4/c1-15(30)28(5)11-18-9-17(10-20(23(18)32)25(2,3)4)21(31)13-29-12-16-7-8-19(14-33-6)27-22(16)24(29)26/h7-10,26,32H,11-14H2,1-6H3. The molecular weight excluding hydrogens is 420 g/mol. The molecule has 0 saturated heterocycles. The van der Waals surface area contributed by atoms with Crippen molar-refractivity contribution in [3.63, 3.8) is 0 Å². The number of benzene rings is 1. The SMILES string of the molecule is COCc1ccc2c(n1)C(=N)N(CC(=O)c1cc(CN(C)C(C)=O)c(O)c(C(C)(C)C)c1)C2. The summed E-state index contributed by atoms with van der Waals surface area (Å²) < 4.78 is 5.13. The molecule has 8 nitrogen and oxygen atoms in total. The summed E-state index contributed by atoms with van der Waals surface area (Å²) in [5.74, 6) is 0.0139. The van der Waals surface area contributed by atoms with Gasteiger partial charge in [-0.1, -0.05) is 26.8 Å². The van der Waals surface area contributed by atoms with Crippen molar-refractivity contribution in [1.82, 2.24) is 14.8 Å². The second-order valence-electron chi connectivity index (χ2n) is 9.53. The Morgan fingerprint density at radius 1 is 1.27 bits per heavy atom. The number of nitrogens with zero attached hydrogens (tertiary/aromatic N) is 3.